The number of benzene rings is 2. The van der Waals surface area contributed by atoms with Crippen LogP contribution in [0.15, 0.2) is 60.7 Å². The summed E-state index contributed by atoms with van der Waals surface area (Å²) in [6, 6.07) is 19.6. The van der Waals surface area contributed by atoms with Crippen LogP contribution in [-0.2, 0) is 12.8 Å². The second-order valence-electron chi connectivity index (χ2n) is 8.19. The maximum absolute atomic E-state index is 10.9. The fourth-order valence-corrected chi connectivity index (χ4v) is 3.90. The highest BCUT2D eigenvalue weighted by molar-refractivity contribution is 5.17. The smallest absolute Gasteiger partial charge is 0.111 e. The summed E-state index contributed by atoms with van der Waals surface area (Å²) in [7, 11) is 0. The minimum Gasteiger partial charge on any atom is -0.394 e. The van der Waals surface area contributed by atoms with Crippen molar-refractivity contribution >= 4 is 0 Å². The second kappa shape index (κ2) is 12.2. The Labute approximate surface area is 178 Å². The van der Waals surface area contributed by atoms with Crippen molar-refractivity contribution in [2.24, 2.45) is 11.8 Å². The topological polar surface area (TPSA) is 121 Å². The normalized spacial score (nSPS) is 18.8. The molecule has 0 amide bonds. The van der Waals surface area contributed by atoms with E-state index in [1.807, 2.05) is 60.7 Å². The molecule has 0 fully saturated rings. The van der Waals surface area contributed by atoms with E-state index in [0.29, 0.717) is 12.8 Å². The zero-order chi connectivity index (χ0) is 22.1. The highest BCUT2D eigenvalue weighted by Crippen LogP contribution is 2.26. The summed E-state index contributed by atoms with van der Waals surface area (Å²) in [5.74, 6) is -0.178. The number of hydrogen-bond donors (Lipinski definition) is 6. The molecule has 0 saturated carbocycles. The van der Waals surface area contributed by atoms with Gasteiger partial charge in [0.15, 0.2) is 0 Å². The molecular formula is C24H34O6. The molecule has 0 spiro atoms. The molecule has 0 aromatic heterocycles. The van der Waals surface area contributed by atoms with E-state index in [4.69, 9.17) is 5.11 Å². The monoisotopic (exact) mass is 418 g/mol. The molecule has 2 rings (SSSR count). The first kappa shape index (κ1) is 24.5. The molecule has 6 nitrogen and oxygen atoms in total. The minimum absolute atomic E-state index is 0.202. The third-order valence-electron chi connectivity index (χ3n) is 5.59. The molecule has 2 aromatic carbocycles. The van der Waals surface area contributed by atoms with E-state index in [1.165, 1.54) is 5.56 Å². The van der Waals surface area contributed by atoms with E-state index in [-0.39, 0.29) is 11.8 Å². The summed E-state index contributed by atoms with van der Waals surface area (Å²) >= 11 is 0. The maximum Gasteiger partial charge on any atom is 0.111 e. The Morgan fingerprint density at radius 1 is 0.633 bits per heavy atom. The van der Waals surface area contributed by atoms with Gasteiger partial charge in [0.2, 0.25) is 0 Å². The molecule has 7 atom stereocenters. The van der Waals surface area contributed by atoms with Crippen LogP contribution in [0.3, 0.4) is 0 Å². The Morgan fingerprint density at radius 2 is 1.10 bits per heavy atom. The van der Waals surface area contributed by atoms with Crippen LogP contribution in [0, 0.1) is 11.8 Å². The Morgan fingerprint density at radius 3 is 1.60 bits per heavy atom. The van der Waals surface area contributed by atoms with Gasteiger partial charge in [0, 0.05) is 0 Å². The van der Waals surface area contributed by atoms with Crippen LogP contribution >= 0.6 is 0 Å². The summed E-state index contributed by atoms with van der Waals surface area (Å²) in [6.07, 6.45) is -6.26. The van der Waals surface area contributed by atoms with Crippen molar-refractivity contribution in [3.63, 3.8) is 0 Å². The summed E-state index contributed by atoms with van der Waals surface area (Å²) in [6.45, 7) is 1.31. The molecule has 3 unspecified atom stereocenters. The molecule has 0 saturated heterocycles. The number of aliphatic hydroxyl groups excluding tert-OH is 6. The van der Waals surface area contributed by atoms with Crippen LogP contribution in [-0.4, -0.2) is 67.8 Å². The van der Waals surface area contributed by atoms with Crippen molar-refractivity contribution in [1.82, 2.24) is 0 Å². The molecule has 0 aliphatic heterocycles. The van der Waals surface area contributed by atoms with Crippen molar-refractivity contribution in [3.05, 3.63) is 71.8 Å². The van der Waals surface area contributed by atoms with Gasteiger partial charge in [-0.1, -0.05) is 67.6 Å². The largest absolute Gasteiger partial charge is 0.394 e. The first-order valence-electron chi connectivity index (χ1n) is 10.4. The number of rotatable bonds is 12. The Bertz CT molecular complexity index is 710. The Hall–Kier alpha value is -1.80. The van der Waals surface area contributed by atoms with E-state index in [2.05, 4.69) is 6.92 Å². The quantitative estimate of drug-likeness (QED) is 0.305. The van der Waals surface area contributed by atoms with Gasteiger partial charge < -0.3 is 30.6 Å². The van der Waals surface area contributed by atoms with Crippen molar-refractivity contribution in [1.29, 1.82) is 0 Å². The molecule has 2 aromatic rings. The zero-order valence-corrected chi connectivity index (χ0v) is 17.3. The van der Waals surface area contributed by atoms with Crippen LogP contribution in [0.4, 0.5) is 0 Å². The van der Waals surface area contributed by atoms with Gasteiger partial charge in [-0.15, -0.1) is 0 Å². The third-order valence-corrected chi connectivity index (χ3v) is 5.59. The van der Waals surface area contributed by atoms with Gasteiger partial charge >= 0.3 is 0 Å². The van der Waals surface area contributed by atoms with Crippen molar-refractivity contribution < 1.29 is 30.6 Å². The van der Waals surface area contributed by atoms with Crippen LogP contribution in [0.25, 0.3) is 0 Å². The molecule has 166 valence electrons. The lowest BCUT2D eigenvalue weighted by Gasteiger charge is -2.33. The first-order chi connectivity index (χ1) is 14.3. The predicted octanol–water partition coefficient (Wildman–Crippen LogP) is 0.911. The van der Waals surface area contributed by atoms with E-state index in [0.717, 1.165) is 12.0 Å². The summed E-state index contributed by atoms with van der Waals surface area (Å²) < 4.78 is 0. The molecule has 6 heteroatoms. The molecule has 6 N–H and O–H groups in total. The van der Waals surface area contributed by atoms with E-state index in [9.17, 15) is 25.5 Å². The average molecular weight is 419 g/mol. The van der Waals surface area contributed by atoms with E-state index < -0.39 is 37.1 Å². The fraction of sp³-hybridized carbons (Fsp3) is 0.500. The van der Waals surface area contributed by atoms with Crippen molar-refractivity contribution in [2.45, 2.75) is 56.7 Å². The Kier molecular flexibility index (Phi) is 9.91. The van der Waals surface area contributed by atoms with Gasteiger partial charge in [-0.05, 0) is 42.2 Å². The van der Waals surface area contributed by atoms with Gasteiger partial charge in [0.05, 0.1) is 12.7 Å². The lowest BCUT2D eigenvalue weighted by molar-refractivity contribution is -0.149. The fourth-order valence-electron chi connectivity index (χ4n) is 3.90. The molecule has 0 aliphatic carbocycles. The molecular weight excluding hydrogens is 384 g/mol. The van der Waals surface area contributed by atoms with Crippen LogP contribution in [0.1, 0.15) is 24.5 Å². The maximum atomic E-state index is 10.9. The Balaban J connectivity index is 2.13. The van der Waals surface area contributed by atoms with Crippen molar-refractivity contribution in [2.75, 3.05) is 6.61 Å². The van der Waals surface area contributed by atoms with Gasteiger partial charge in [-0.3, -0.25) is 0 Å². The summed E-state index contributed by atoms with van der Waals surface area (Å²) in [5.41, 5.74) is 2.17. The van der Waals surface area contributed by atoms with Crippen molar-refractivity contribution in [3.8, 4) is 0 Å². The summed E-state index contributed by atoms with van der Waals surface area (Å²) in [4.78, 5) is 0. The lowest BCUT2D eigenvalue weighted by Crippen LogP contribution is -2.52. The van der Waals surface area contributed by atoms with Gasteiger partial charge in [-0.2, -0.15) is 0 Å². The SMILES string of the molecule is CC(Cc1ccccc1)CC(Cc1ccccc1)C(O)[C@@H](O)[C@@H](O)[C@H](O)[C@@H](O)CO. The van der Waals surface area contributed by atoms with Gasteiger partial charge in [0.25, 0.3) is 0 Å². The number of hydrogen-bond acceptors (Lipinski definition) is 6. The van der Waals surface area contributed by atoms with Crippen LogP contribution < -0.4 is 0 Å². The molecule has 0 aliphatic rings. The third kappa shape index (κ3) is 7.16. The van der Waals surface area contributed by atoms with Gasteiger partial charge in [-0.25, -0.2) is 0 Å². The number of aliphatic hydroxyl groups is 6. The highest BCUT2D eigenvalue weighted by Gasteiger charge is 2.37. The van der Waals surface area contributed by atoms with Gasteiger partial charge in [0.1, 0.15) is 24.4 Å². The molecule has 30 heavy (non-hydrogen) atoms. The summed E-state index contributed by atoms with van der Waals surface area (Å²) in [5, 5.41) is 60.0. The molecule has 0 radical (unpaired) electrons. The van der Waals surface area contributed by atoms with Crippen LogP contribution in [0.2, 0.25) is 0 Å². The molecule has 0 heterocycles. The standard InChI is InChI=1S/C24H34O6/c1-16(12-17-8-4-2-5-9-17)13-19(14-18-10-6-3-7-11-18)21(27)23(29)24(30)22(28)20(26)15-25/h2-11,16,19-30H,12-15H2,1H3/t16?,19?,20-,21?,22+,23+,24-/m0/s1. The second-order valence-corrected chi connectivity index (χ2v) is 8.19. The molecule has 0 bridgehead atoms. The highest BCUT2D eigenvalue weighted by atomic mass is 16.4. The van der Waals surface area contributed by atoms with E-state index >= 15 is 0 Å². The first-order valence-corrected chi connectivity index (χ1v) is 10.4. The zero-order valence-electron chi connectivity index (χ0n) is 17.3. The average Bonchev–Trinajstić information content (AvgIpc) is 2.77. The van der Waals surface area contributed by atoms with E-state index in [1.54, 1.807) is 0 Å². The predicted molar refractivity (Wildman–Crippen MR) is 115 cm³/mol. The lowest BCUT2D eigenvalue weighted by atomic mass is 9.80. The minimum atomic E-state index is -1.79. The van der Waals surface area contributed by atoms with Crippen LogP contribution in [0.5, 0.6) is 0 Å².